The Morgan fingerprint density at radius 3 is 2.64 bits per heavy atom. The molecule has 2 aromatic rings. The number of ether oxygens (including phenoxy) is 2. The van der Waals surface area contributed by atoms with Crippen LogP contribution in [0.1, 0.15) is 36.0 Å². The molecule has 0 amide bonds. The minimum absolute atomic E-state index is 0.0154. The summed E-state index contributed by atoms with van der Waals surface area (Å²) in [5, 5.41) is 2.04. The summed E-state index contributed by atoms with van der Waals surface area (Å²) in [6.45, 7) is 3.43. The number of nitrogens with zero attached hydrogens (tertiary/aromatic N) is 1. The van der Waals surface area contributed by atoms with Gasteiger partial charge in [0.25, 0.3) is 0 Å². The van der Waals surface area contributed by atoms with E-state index in [0.29, 0.717) is 11.6 Å². The Kier molecular flexibility index (Phi) is 4.99. The normalized spacial score (nSPS) is 25.0. The summed E-state index contributed by atoms with van der Waals surface area (Å²) in [7, 11) is 0. The van der Waals surface area contributed by atoms with Crippen LogP contribution in [0, 0.1) is 0 Å². The molecule has 25 heavy (non-hydrogen) atoms. The van der Waals surface area contributed by atoms with E-state index in [1.165, 1.54) is 6.42 Å². The number of esters is 1. The van der Waals surface area contributed by atoms with Crippen molar-refractivity contribution in [2.24, 2.45) is 0 Å². The maximum absolute atomic E-state index is 12.9. The maximum atomic E-state index is 12.9. The molecule has 0 N–H and O–H groups in total. The molecule has 4 heteroatoms. The standard InChI is InChI=1S/C21H25NO3/c23-21(18-9-5-7-16-6-1-2-8-17(16)18)25-20-11-4-3-10-19(20)22-12-14-24-15-13-22/h1-2,5-9,19-20H,3-4,10-15H2/t19-,20-/m1/s1. The summed E-state index contributed by atoms with van der Waals surface area (Å²) in [6, 6.07) is 14.1. The van der Waals surface area contributed by atoms with E-state index in [0.717, 1.165) is 56.3 Å². The molecule has 2 aromatic carbocycles. The molecule has 0 bridgehead atoms. The first kappa shape index (κ1) is 16.6. The lowest BCUT2D eigenvalue weighted by Gasteiger charge is -2.41. The number of carbonyl (C=O) groups is 1. The van der Waals surface area contributed by atoms with Gasteiger partial charge in [0.05, 0.1) is 18.8 Å². The zero-order valence-electron chi connectivity index (χ0n) is 14.5. The van der Waals surface area contributed by atoms with Crippen molar-refractivity contribution in [3.05, 3.63) is 48.0 Å². The van der Waals surface area contributed by atoms with E-state index in [2.05, 4.69) is 4.90 Å². The lowest BCUT2D eigenvalue weighted by Crippen LogP contribution is -2.51. The average molecular weight is 339 g/mol. The van der Waals surface area contributed by atoms with E-state index in [1.807, 2.05) is 42.5 Å². The highest BCUT2D eigenvalue weighted by Gasteiger charge is 2.34. The third-order valence-corrected chi connectivity index (χ3v) is 5.45. The molecule has 1 heterocycles. The van der Waals surface area contributed by atoms with Gasteiger partial charge in [0, 0.05) is 19.1 Å². The summed E-state index contributed by atoms with van der Waals surface area (Å²) < 4.78 is 11.5. The molecule has 1 aliphatic heterocycles. The van der Waals surface area contributed by atoms with Gasteiger partial charge in [-0.1, -0.05) is 42.8 Å². The van der Waals surface area contributed by atoms with Crippen molar-refractivity contribution in [1.29, 1.82) is 0 Å². The van der Waals surface area contributed by atoms with E-state index in [1.54, 1.807) is 0 Å². The molecule has 0 radical (unpaired) electrons. The highest BCUT2D eigenvalue weighted by Crippen LogP contribution is 2.28. The molecule has 2 aliphatic rings. The van der Waals surface area contributed by atoms with Gasteiger partial charge in [-0.15, -0.1) is 0 Å². The second-order valence-electron chi connectivity index (χ2n) is 6.97. The average Bonchev–Trinajstić information content (AvgIpc) is 2.68. The van der Waals surface area contributed by atoms with Gasteiger partial charge in [-0.05, 0) is 36.1 Å². The van der Waals surface area contributed by atoms with Crippen molar-refractivity contribution < 1.29 is 14.3 Å². The van der Waals surface area contributed by atoms with Crippen molar-refractivity contribution in [3.63, 3.8) is 0 Å². The first-order valence-electron chi connectivity index (χ1n) is 9.33. The van der Waals surface area contributed by atoms with Crippen molar-refractivity contribution in [1.82, 2.24) is 4.90 Å². The van der Waals surface area contributed by atoms with E-state index in [9.17, 15) is 4.79 Å². The molecule has 2 atom stereocenters. The second kappa shape index (κ2) is 7.54. The Bertz CT molecular complexity index is 734. The number of morpholine rings is 1. The van der Waals surface area contributed by atoms with Gasteiger partial charge in [0.15, 0.2) is 0 Å². The summed E-state index contributed by atoms with van der Waals surface area (Å²) >= 11 is 0. The fourth-order valence-corrected chi connectivity index (χ4v) is 4.15. The Labute approximate surface area is 148 Å². The molecule has 0 spiro atoms. The Balaban J connectivity index is 1.53. The highest BCUT2D eigenvalue weighted by molar-refractivity contribution is 6.04. The predicted octanol–water partition coefficient (Wildman–Crippen LogP) is 3.64. The van der Waals surface area contributed by atoms with Crippen LogP contribution in [0.5, 0.6) is 0 Å². The molecule has 132 valence electrons. The second-order valence-corrected chi connectivity index (χ2v) is 6.97. The van der Waals surface area contributed by atoms with Crippen LogP contribution in [0.15, 0.2) is 42.5 Å². The van der Waals surface area contributed by atoms with Gasteiger partial charge in [-0.25, -0.2) is 4.79 Å². The smallest absolute Gasteiger partial charge is 0.339 e. The quantitative estimate of drug-likeness (QED) is 0.800. The Morgan fingerprint density at radius 1 is 1.00 bits per heavy atom. The molecule has 4 nitrogen and oxygen atoms in total. The van der Waals surface area contributed by atoms with Crippen LogP contribution in [0.4, 0.5) is 0 Å². The van der Waals surface area contributed by atoms with Crippen LogP contribution in [0.25, 0.3) is 10.8 Å². The van der Waals surface area contributed by atoms with Crippen molar-refractivity contribution >= 4 is 16.7 Å². The van der Waals surface area contributed by atoms with Gasteiger partial charge in [0.2, 0.25) is 0 Å². The number of hydrogen-bond donors (Lipinski definition) is 0. The van der Waals surface area contributed by atoms with E-state index >= 15 is 0 Å². The van der Waals surface area contributed by atoms with Crippen LogP contribution < -0.4 is 0 Å². The van der Waals surface area contributed by atoms with Gasteiger partial charge in [-0.3, -0.25) is 4.90 Å². The monoisotopic (exact) mass is 339 g/mol. The summed E-state index contributed by atoms with van der Waals surface area (Å²) in [5.74, 6) is -0.193. The first-order valence-corrected chi connectivity index (χ1v) is 9.33. The van der Waals surface area contributed by atoms with E-state index in [-0.39, 0.29) is 12.1 Å². The first-order chi connectivity index (χ1) is 12.3. The SMILES string of the molecule is O=C(O[C@@H]1CCCC[C@H]1N1CCOCC1)c1cccc2ccccc12. The molecule has 2 fully saturated rings. The third-order valence-electron chi connectivity index (χ3n) is 5.45. The van der Waals surface area contributed by atoms with Crippen LogP contribution >= 0.6 is 0 Å². The minimum atomic E-state index is -0.193. The van der Waals surface area contributed by atoms with Crippen LogP contribution in [-0.4, -0.2) is 49.3 Å². The van der Waals surface area contributed by atoms with Crippen molar-refractivity contribution in [2.75, 3.05) is 26.3 Å². The number of carbonyl (C=O) groups excluding carboxylic acids is 1. The minimum Gasteiger partial charge on any atom is -0.457 e. The van der Waals surface area contributed by atoms with Gasteiger partial charge >= 0.3 is 5.97 Å². The van der Waals surface area contributed by atoms with Gasteiger partial charge < -0.3 is 9.47 Å². The fraction of sp³-hybridized carbons (Fsp3) is 0.476. The Morgan fingerprint density at radius 2 is 1.76 bits per heavy atom. The summed E-state index contributed by atoms with van der Waals surface area (Å²) in [6.07, 6.45) is 4.39. The largest absolute Gasteiger partial charge is 0.457 e. The maximum Gasteiger partial charge on any atom is 0.339 e. The fourth-order valence-electron chi connectivity index (χ4n) is 4.15. The molecule has 1 saturated carbocycles. The van der Waals surface area contributed by atoms with Crippen molar-refractivity contribution in [3.8, 4) is 0 Å². The van der Waals surface area contributed by atoms with Crippen LogP contribution in [-0.2, 0) is 9.47 Å². The number of rotatable bonds is 3. The molecule has 4 rings (SSSR count). The summed E-state index contributed by atoms with van der Waals surface area (Å²) in [4.78, 5) is 15.3. The van der Waals surface area contributed by atoms with E-state index < -0.39 is 0 Å². The Hall–Kier alpha value is -1.91. The molecule has 0 unspecified atom stereocenters. The molecular weight excluding hydrogens is 314 g/mol. The number of fused-ring (bicyclic) bond motifs is 1. The highest BCUT2D eigenvalue weighted by atomic mass is 16.5. The lowest BCUT2D eigenvalue weighted by atomic mass is 9.90. The summed E-state index contributed by atoms with van der Waals surface area (Å²) in [5.41, 5.74) is 0.671. The van der Waals surface area contributed by atoms with Gasteiger partial charge in [0.1, 0.15) is 6.10 Å². The zero-order valence-corrected chi connectivity index (χ0v) is 14.5. The molecule has 1 saturated heterocycles. The van der Waals surface area contributed by atoms with Gasteiger partial charge in [-0.2, -0.15) is 0 Å². The molecular formula is C21H25NO3. The number of benzene rings is 2. The van der Waals surface area contributed by atoms with Crippen molar-refractivity contribution in [2.45, 2.75) is 37.8 Å². The molecule has 0 aromatic heterocycles. The number of hydrogen-bond acceptors (Lipinski definition) is 4. The molecule has 1 aliphatic carbocycles. The predicted molar refractivity (Wildman–Crippen MR) is 97.8 cm³/mol. The van der Waals surface area contributed by atoms with Crippen LogP contribution in [0.3, 0.4) is 0 Å². The lowest BCUT2D eigenvalue weighted by molar-refractivity contribution is -0.0483. The zero-order chi connectivity index (χ0) is 17.1. The van der Waals surface area contributed by atoms with E-state index in [4.69, 9.17) is 9.47 Å². The van der Waals surface area contributed by atoms with Crippen LogP contribution in [0.2, 0.25) is 0 Å². The third kappa shape index (κ3) is 3.55. The topological polar surface area (TPSA) is 38.8 Å².